The van der Waals surface area contributed by atoms with Gasteiger partial charge in [0.2, 0.25) is 0 Å². The summed E-state index contributed by atoms with van der Waals surface area (Å²) in [6.07, 6.45) is 0.868. The van der Waals surface area contributed by atoms with Gasteiger partial charge in [-0.05, 0) is 12.8 Å². The summed E-state index contributed by atoms with van der Waals surface area (Å²) in [5.74, 6) is 0. The highest BCUT2D eigenvalue weighted by molar-refractivity contribution is 5.85. The maximum Gasteiger partial charge on any atom is 0.115 e. The lowest BCUT2D eigenvalue weighted by atomic mass is 9.92. The van der Waals surface area contributed by atoms with E-state index in [0.29, 0.717) is 6.42 Å². The molecule has 0 saturated heterocycles. The van der Waals surface area contributed by atoms with Crippen molar-refractivity contribution in [3.63, 3.8) is 0 Å². The van der Waals surface area contributed by atoms with E-state index in [4.69, 9.17) is 5.73 Å². The van der Waals surface area contributed by atoms with Crippen LogP contribution in [-0.2, 0) is 0 Å². The predicted octanol–water partition coefficient (Wildman–Crippen LogP) is 0.867. The molecule has 44 valence electrons. The molecule has 1 nitrogen and oxygen atoms in total. The standard InChI is InChI=1S/C4H8FN.ClH/c5-3-1-2-4(3)6;/h3-4H,1-2,6H2;1H/t3-,4+;/m0./s1. The Bertz CT molecular complexity index is 51.7. The zero-order valence-corrected chi connectivity index (χ0v) is 4.75. The van der Waals surface area contributed by atoms with Crippen LogP contribution in [0.4, 0.5) is 4.39 Å². The van der Waals surface area contributed by atoms with Gasteiger partial charge in [-0.1, -0.05) is 0 Å². The van der Waals surface area contributed by atoms with Gasteiger partial charge in [0.15, 0.2) is 0 Å². The van der Waals surface area contributed by atoms with Crippen LogP contribution in [0.2, 0.25) is 0 Å². The van der Waals surface area contributed by atoms with Crippen molar-refractivity contribution < 1.29 is 4.39 Å². The topological polar surface area (TPSA) is 26.0 Å². The average molecular weight is 126 g/mol. The van der Waals surface area contributed by atoms with Gasteiger partial charge >= 0.3 is 0 Å². The second kappa shape index (κ2) is 2.48. The van der Waals surface area contributed by atoms with Crippen LogP contribution >= 0.6 is 12.4 Å². The summed E-state index contributed by atoms with van der Waals surface area (Å²) in [6, 6.07) is -0.134. The van der Waals surface area contributed by atoms with E-state index in [9.17, 15) is 4.39 Å². The normalized spacial score (nSPS) is 38.6. The van der Waals surface area contributed by atoms with E-state index in [0.717, 1.165) is 6.42 Å². The van der Waals surface area contributed by atoms with Gasteiger partial charge in [0, 0.05) is 6.04 Å². The van der Waals surface area contributed by atoms with Crippen molar-refractivity contribution in [2.75, 3.05) is 0 Å². The van der Waals surface area contributed by atoms with E-state index in [1.54, 1.807) is 0 Å². The molecule has 3 heteroatoms. The molecule has 2 N–H and O–H groups in total. The summed E-state index contributed by atoms with van der Waals surface area (Å²) < 4.78 is 11.8. The monoisotopic (exact) mass is 125 g/mol. The van der Waals surface area contributed by atoms with Gasteiger partial charge in [0.05, 0.1) is 0 Å². The highest BCUT2D eigenvalue weighted by atomic mass is 35.5. The molecule has 1 aliphatic carbocycles. The summed E-state index contributed by atoms with van der Waals surface area (Å²) in [6.45, 7) is 0. The molecule has 0 aliphatic heterocycles. The SMILES string of the molecule is Cl.N[C@@H]1CC[C@@H]1F. The third kappa shape index (κ3) is 1.28. The van der Waals surface area contributed by atoms with Crippen LogP contribution in [0, 0.1) is 0 Å². The molecular weight excluding hydrogens is 117 g/mol. The number of hydrogen-bond acceptors (Lipinski definition) is 1. The maximum absolute atomic E-state index is 11.8. The van der Waals surface area contributed by atoms with E-state index in [1.165, 1.54) is 0 Å². The van der Waals surface area contributed by atoms with E-state index in [-0.39, 0.29) is 18.4 Å². The Hall–Kier alpha value is 0.180. The summed E-state index contributed by atoms with van der Waals surface area (Å²) in [7, 11) is 0. The number of halogens is 2. The largest absolute Gasteiger partial charge is 0.325 e. The Morgan fingerprint density at radius 2 is 1.86 bits per heavy atom. The van der Waals surface area contributed by atoms with Gasteiger partial charge in [-0.25, -0.2) is 4.39 Å². The number of hydrogen-bond donors (Lipinski definition) is 1. The lowest BCUT2D eigenvalue weighted by Crippen LogP contribution is -2.40. The molecule has 1 saturated carbocycles. The molecule has 0 aromatic rings. The number of rotatable bonds is 0. The minimum atomic E-state index is -0.690. The lowest BCUT2D eigenvalue weighted by Gasteiger charge is -2.25. The van der Waals surface area contributed by atoms with Crippen LogP contribution in [0.15, 0.2) is 0 Å². The molecule has 0 radical (unpaired) electrons. The average Bonchev–Trinajstić information content (AvgIpc) is 1.61. The second-order valence-corrected chi connectivity index (χ2v) is 1.76. The van der Waals surface area contributed by atoms with Crippen molar-refractivity contribution in [1.82, 2.24) is 0 Å². The zero-order chi connectivity index (χ0) is 4.57. The summed E-state index contributed by atoms with van der Waals surface area (Å²) >= 11 is 0. The fourth-order valence-electron chi connectivity index (χ4n) is 0.485. The first-order valence-corrected chi connectivity index (χ1v) is 2.20. The first-order valence-electron chi connectivity index (χ1n) is 2.20. The molecule has 0 heterocycles. The highest BCUT2D eigenvalue weighted by Gasteiger charge is 2.25. The zero-order valence-electron chi connectivity index (χ0n) is 3.93. The molecule has 2 atom stereocenters. The Balaban J connectivity index is 0.000000360. The molecule has 0 bridgehead atoms. The molecule has 0 spiro atoms. The first-order chi connectivity index (χ1) is 2.80. The number of alkyl halides is 1. The van der Waals surface area contributed by atoms with Gasteiger partial charge in [-0.2, -0.15) is 0 Å². The molecule has 1 aliphatic rings. The van der Waals surface area contributed by atoms with Crippen molar-refractivity contribution in [2.45, 2.75) is 25.1 Å². The fraction of sp³-hybridized carbons (Fsp3) is 1.00. The van der Waals surface area contributed by atoms with Crippen molar-refractivity contribution >= 4 is 12.4 Å². The van der Waals surface area contributed by atoms with Crippen molar-refractivity contribution in [2.24, 2.45) is 5.73 Å². The van der Waals surface area contributed by atoms with E-state index in [2.05, 4.69) is 0 Å². The molecular formula is C4H9ClFN. The van der Waals surface area contributed by atoms with Gasteiger partial charge in [-0.3, -0.25) is 0 Å². The molecule has 1 rings (SSSR count). The van der Waals surface area contributed by atoms with Crippen LogP contribution in [0.3, 0.4) is 0 Å². The molecule has 0 aromatic carbocycles. The summed E-state index contributed by atoms with van der Waals surface area (Å²) in [5.41, 5.74) is 5.15. The van der Waals surface area contributed by atoms with Gasteiger partial charge in [0.25, 0.3) is 0 Å². The van der Waals surface area contributed by atoms with Crippen molar-refractivity contribution in [3.8, 4) is 0 Å². The number of nitrogens with two attached hydrogens (primary N) is 1. The maximum atomic E-state index is 11.8. The van der Waals surface area contributed by atoms with Gasteiger partial charge in [-0.15, -0.1) is 12.4 Å². The summed E-state index contributed by atoms with van der Waals surface area (Å²) in [5, 5.41) is 0. The minimum Gasteiger partial charge on any atom is -0.325 e. The molecule has 1 fully saturated rings. The van der Waals surface area contributed by atoms with Crippen LogP contribution in [0.5, 0.6) is 0 Å². The van der Waals surface area contributed by atoms with Crippen molar-refractivity contribution in [1.29, 1.82) is 0 Å². The van der Waals surface area contributed by atoms with Crippen LogP contribution in [0.1, 0.15) is 12.8 Å². The smallest absolute Gasteiger partial charge is 0.115 e. The van der Waals surface area contributed by atoms with Crippen molar-refractivity contribution in [3.05, 3.63) is 0 Å². The van der Waals surface area contributed by atoms with E-state index in [1.807, 2.05) is 0 Å². The minimum absolute atomic E-state index is 0. The predicted molar refractivity (Wildman–Crippen MR) is 29.4 cm³/mol. The Morgan fingerprint density at radius 1 is 1.43 bits per heavy atom. The highest BCUT2D eigenvalue weighted by Crippen LogP contribution is 2.19. The Labute approximate surface area is 48.5 Å². The quantitative estimate of drug-likeness (QED) is 0.511. The third-order valence-corrected chi connectivity index (χ3v) is 1.24. The van der Waals surface area contributed by atoms with Crippen LogP contribution in [0.25, 0.3) is 0 Å². The third-order valence-electron chi connectivity index (χ3n) is 1.24. The molecule has 0 aromatic heterocycles. The Kier molecular flexibility index (Phi) is 2.54. The summed E-state index contributed by atoms with van der Waals surface area (Å²) in [4.78, 5) is 0. The van der Waals surface area contributed by atoms with Gasteiger partial charge < -0.3 is 5.73 Å². The van der Waals surface area contributed by atoms with E-state index >= 15 is 0 Å². The fourth-order valence-corrected chi connectivity index (χ4v) is 0.485. The van der Waals surface area contributed by atoms with Crippen LogP contribution in [-0.4, -0.2) is 12.2 Å². The van der Waals surface area contributed by atoms with Crippen LogP contribution < -0.4 is 5.73 Å². The van der Waals surface area contributed by atoms with E-state index < -0.39 is 6.17 Å². The second-order valence-electron chi connectivity index (χ2n) is 1.76. The molecule has 0 unspecified atom stereocenters. The van der Waals surface area contributed by atoms with Gasteiger partial charge in [0.1, 0.15) is 6.17 Å². The first kappa shape index (κ1) is 7.18. The molecule has 0 amide bonds. The molecule has 7 heavy (non-hydrogen) atoms. The lowest BCUT2D eigenvalue weighted by molar-refractivity contribution is 0.173. The Morgan fingerprint density at radius 3 is 1.86 bits per heavy atom.